The molecule has 1 heterocycles. The Morgan fingerprint density at radius 1 is 1.31 bits per heavy atom. The van der Waals surface area contributed by atoms with Crippen molar-refractivity contribution in [2.75, 3.05) is 11.5 Å². The van der Waals surface area contributed by atoms with Gasteiger partial charge in [-0.3, -0.25) is 4.79 Å². The number of hydrogen-bond donors (Lipinski definition) is 0. The third-order valence-corrected chi connectivity index (χ3v) is 6.06. The van der Waals surface area contributed by atoms with Crippen molar-refractivity contribution in [3.63, 3.8) is 0 Å². The standard InChI is InChI=1S/C12H13BrOS2/c13-10-5-2-1-4-9(10)11(14)8-12-15-6-3-7-16-12/h1-2,4-5,12H,3,6-8H2. The van der Waals surface area contributed by atoms with E-state index in [2.05, 4.69) is 15.9 Å². The minimum Gasteiger partial charge on any atom is -0.294 e. The summed E-state index contributed by atoms with van der Waals surface area (Å²) in [7, 11) is 0. The SMILES string of the molecule is O=C(CC1SCCCS1)c1ccccc1Br. The lowest BCUT2D eigenvalue weighted by atomic mass is 10.1. The van der Waals surface area contributed by atoms with Crippen LogP contribution in [0.1, 0.15) is 23.2 Å². The Kier molecular flexibility index (Phi) is 4.79. The van der Waals surface area contributed by atoms with E-state index in [9.17, 15) is 4.79 Å². The molecule has 1 nitrogen and oxygen atoms in total. The van der Waals surface area contributed by atoms with Gasteiger partial charge in [0.05, 0.1) is 4.58 Å². The van der Waals surface area contributed by atoms with E-state index in [-0.39, 0.29) is 5.78 Å². The van der Waals surface area contributed by atoms with E-state index in [1.807, 2.05) is 47.8 Å². The van der Waals surface area contributed by atoms with Crippen LogP contribution in [0.5, 0.6) is 0 Å². The van der Waals surface area contributed by atoms with Gasteiger partial charge in [0.1, 0.15) is 0 Å². The van der Waals surface area contributed by atoms with Crippen LogP contribution in [0, 0.1) is 0 Å². The van der Waals surface area contributed by atoms with Crippen LogP contribution in [0.2, 0.25) is 0 Å². The highest BCUT2D eigenvalue weighted by molar-refractivity contribution is 9.10. The molecule has 0 saturated carbocycles. The first-order chi connectivity index (χ1) is 7.77. The number of ketones is 1. The second-order valence-electron chi connectivity index (χ2n) is 3.63. The molecule has 86 valence electrons. The Morgan fingerprint density at radius 2 is 2.00 bits per heavy atom. The molecule has 1 aromatic rings. The second-order valence-corrected chi connectivity index (χ2v) is 7.41. The minimum absolute atomic E-state index is 0.249. The van der Waals surface area contributed by atoms with Crippen molar-refractivity contribution >= 4 is 45.2 Å². The maximum atomic E-state index is 12.1. The molecule has 0 aromatic heterocycles. The quantitative estimate of drug-likeness (QED) is 0.777. The Morgan fingerprint density at radius 3 is 2.69 bits per heavy atom. The number of rotatable bonds is 3. The molecule has 0 amide bonds. The third-order valence-electron chi connectivity index (χ3n) is 2.42. The van der Waals surface area contributed by atoms with Gasteiger partial charge in [0.25, 0.3) is 0 Å². The molecule has 0 radical (unpaired) electrons. The van der Waals surface area contributed by atoms with Crippen LogP contribution in [0.25, 0.3) is 0 Å². The lowest BCUT2D eigenvalue weighted by molar-refractivity contribution is 0.0987. The maximum absolute atomic E-state index is 12.1. The molecule has 4 heteroatoms. The number of carbonyl (C=O) groups excluding carboxylic acids is 1. The molecule has 0 N–H and O–H groups in total. The average molecular weight is 317 g/mol. The highest BCUT2D eigenvalue weighted by Gasteiger charge is 2.19. The topological polar surface area (TPSA) is 17.1 Å². The fourth-order valence-electron chi connectivity index (χ4n) is 1.60. The van der Waals surface area contributed by atoms with Gasteiger partial charge in [0, 0.05) is 16.5 Å². The Balaban J connectivity index is 2.00. The summed E-state index contributed by atoms with van der Waals surface area (Å²) < 4.78 is 1.36. The van der Waals surface area contributed by atoms with E-state index in [1.54, 1.807) is 0 Å². The van der Waals surface area contributed by atoms with Crippen LogP contribution in [0.4, 0.5) is 0 Å². The van der Waals surface area contributed by atoms with E-state index in [4.69, 9.17) is 0 Å². The van der Waals surface area contributed by atoms with Crippen molar-refractivity contribution in [3.05, 3.63) is 34.3 Å². The summed E-state index contributed by atoms with van der Waals surface area (Å²) in [5.41, 5.74) is 0.814. The summed E-state index contributed by atoms with van der Waals surface area (Å²) in [6.07, 6.45) is 1.92. The maximum Gasteiger partial charge on any atom is 0.165 e. The monoisotopic (exact) mass is 316 g/mol. The van der Waals surface area contributed by atoms with E-state index in [0.29, 0.717) is 11.0 Å². The Hall–Kier alpha value is 0.0700. The lowest BCUT2D eigenvalue weighted by Crippen LogP contribution is -2.12. The van der Waals surface area contributed by atoms with Gasteiger partial charge in [-0.25, -0.2) is 0 Å². The highest BCUT2D eigenvalue weighted by Crippen LogP contribution is 2.34. The van der Waals surface area contributed by atoms with Crippen molar-refractivity contribution in [3.8, 4) is 0 Å². The number of thioether (sulfide) groups is 2. The number of Topliss-reactive ketones (excluding diaryl/α,β-unsaturated/α-hetero) is 1. The predicted molar refractivity (Wildman–Crippen MR) is 76.4 cm³/mol. The largest absolute Gasteiger partial charge is 0.294 e. The summed E-state index contributed by atoms with van der Waals surface area (Å²) in [4.78, 5) is 12.1. The zero-order valence-corrected chi connectivity index (χ0v) is 12.0. The van der Waals surface area contributed by atoms with Crippen LogP contribution in [0.3, 0.4) is 0 Å². The van der Waals surface area contributed by atoms with Crippen LogP contribution in [-0.2, 0) is 0 Å². The summed E-state index contributed by atoms with van der Waals surface area (Å²) >= 11 is 7.27. The van der Waals surface area contributed by atoms with Crippen molar-refractivity contribution in [1.29, 1.82) is 0 Å². The number of halogens is 1. The summed E-state index contributed by atoms with van der Waals surface area (Å²) in [6, 6.07) is 7.67. The van der Waals surface area contributed by atoms with Gasteiger partial charge in [-0.15, -0.1) is 23.5 Å². The predicted octanol–water partition coefficient (Wildman–Crippen LogP) is 4.22. The minimum atomic E-state index is 0.249. The zero-order chi connectivity index (χ0) is 11.4. The molecule has 1 saturated heterocycles. The molecule has 0 atom stereocenters. The Bertz CT molecular complexity index is 375. The second kappa shape index (κ2) is 6.12. The van der Waals surface area contributed by atoms with E-state index in [1.165, 1.54) is 17.9 Å². The van der Waals surface area contributed by atoms with Crippen LogP contribution in [0.15, 0.2) is 28.7 Å². The normalized spacial score (nSPS) is 17.3. The van der Waals surface area contributed by atoms with Gasteiger partial charge >= 0.3 is 0 Å². The van der Waals surface area contributed by atoms with Gasteiger partial charge in [-0.2, -0.15) is 0 Å². The fraction of sp³-hybridized carbons (Fsp3) is 0.417. The number of benzene rings is 1. The molecule has 16 heavy (non-hydrogen) atoms. The molecule has 1 aliphatic heterocycles. The molecule has 1 aliphatic rings. The average Bonchev–Trinajstić information content (AvgIpc) is 2.31. The molecule has 0 unspecified atom stereocenters. The third kappa shape index (κ3) is 3.28. The highest BCUT2D eigenvalue weighted by atomic mass is 79.9. The molecule has 0 bridgehead atoms. The van der Waals surface area contributed by atoms with Crippen LogP contribution < -0.4 is 0 Å². The first kappa shape index (κ1) is 12.5. The van der Waals surface area contributed by atoms with Gasteiger partial charge in [-0.05, 0) is 24.0 Å². The lowest BCUT2D eigenvalue weighted by Gasteiger charge is -2.20. The fourth-order valence-corrected chi connectivity index (χ4v) is 4.94. The molecule has 2 rings (SSSR count). The Labute approximate surface area is 113 Å². The summed E-state index contributed by atoms with van der Waals surface area (Å²) in [5.74, 6) is 2.64. The molecule has 0 spiro atoms. The first-order valence-corrected chi connectivity index (χ1v) is 8.17. The van der Waals surface area contributed by atoms with Crippen LogP contribution >= 0.6 is 39.5 Å². The number of carbonyl (C=O) groups is 1. The van der Waals surface area contributed by atoms with Crippen molar-refractivity contribution in [1.82, 2.24) is 0 Å². The molecular formula is C12H13BrOS2. The van der Waals surface area contributed by atoms with Crippen LogP contribution in [-0.4, -0.2) is 21.9 Å². The van der Waals surface area contributed by atoms with E-state index < -0.39 is 0 Å². The zero-order valence-electron chi connectivity index (χ0n) is 8.82. The summed E-state index contributed by atoms with van der Waals surface area (Å²) in [6.45, 7) is 0. The van der Waals surface area contributed by atoms with Crippen molar-refractivity contribution < 1.29 is 4.79 Å². The molecule has 1 fully saturated rings. The van der Waals surface area contributed by atoms with Crippen molar-refractivity contribution in [2.24, 2.45) is 0 Å². The smallest absolute Gasteiger partial charge is 0.165 e. The van der Waals surface area contributed by atoms with Gasteiger partial charge < -0.3 is 0 Å². The summed E-state index contributed by atoms with van der Waals surface area (Å²) in [5, 5.41) is 0. The van der Waals surface area contributed by atoms with Gasteiger partial charge in [0.15, 0.2) is 5.78 Å². The molecular weight excluding hydrogens is 304 g/mol. The van der Waals surface area contributed by atoms with Gasteiger partial charge in [0.2, 0.25) is 0 Å². The molecule has 0 aliphatic carbocycles. The van der Waals surface area contributed by atoms with E-state index in [0.717, 1.165) is 10.0 Å². The van der Waals surface area contributed by atoms with E-state index >= 15 is 0 Å². The number of hydrogen-bond acceptors (Lipinski definition) is 3. The first-order valence-electron chi connectivity index (χ1n) is 5.28. The van der Waals surface area contributed by atoms with Gasteiger partial charge in [-0.1, -0.05) is 34.1 Å². The van der Waals surface area contributed by atoms with Crippen molar-refractivity contribution in [2.45, 2.75) is 17.4 Å². The molecule has 1 aromatic carbocycles.